The Balaban J connectivity index is 2.18. The van der Waals surface area contributed by atoms with E-state index in [0.29, 0.717) is 6.04 Å². The fourth-order valence-corrected chi connectivity index (χ4v) is 3.31. The summed E-state index contributed by atoms with van der Waals surface area (Å²) in [4.78, 5) is 2.27. The third kappa shape index (κ3) is 3.44. The Bertz CT molecular complexity index is 420. The van der Waals surface area contributed by atoms with Crippen LogP contribution in [0.2, 0.25) is 0 Å². The average Bonchev–Trinajstić information content (AvgIpc) is 2.25. The maximum absolute atomic E-state index is 4.30. The minimum absolute atomic E-state index is 0.152. The van der Waals surface area contributed by atoms with E-state index in [2.05, 4.69) is 61.2 Å². The highest BCUT2D eigenvalue weighted by molar-refractivity contribution is 5.38. The summed E-state index contributed by atoms with van der Waals surface area (Å²) in [5.74, 6) is 0.962. The molecule has 0 radical (unpaired) electrons. The molecule has 0 spiro atoms. The van der Waals surface area contributed by atoms with Crippen LogP contribution in [0.5, 0.6) is 0 Å². The van der Waals surface area contributed by atoms with Crippen LogP contribution in [0.15, 0.2) is 12.1 Å². The lowest BCUT2D eigenvalue weighted by atomic mass is 9.79. The fourth-order valence-electron chi connectivity index (χ4n) is 3.31. The van der Waals surface area contributed by atoms with Crippen molar-refractivity contribution in [1.82, 2.24) is 15.5 Å². The molecule has 2 rings (SSSR count). The Morgan fingerprint density at radius 2 is 1.68 bits per heavy atom. The highest BCUT2D eigenvalue weighted by Crippen LogP contribution is 2.32. The molecule has 4 heteroatoms. The van der Waals surface area contributed by atoms with Gasteiger partial charge in [0.05, 0.1) is 5.69 Å². The Hall–Kier alpha value is -1.16. The highest BCUT2D eigenvalue weighted by atomic mass is 15.3. The quantitative estimate of drug-likeness (QED) is 0.889. The molecule has 0 amide bonds. The summed E-state index contributed by atoms with van der Waals surface area (Å²) in [7, 11) is 2.13. The zero-order valence-corrected chi connectivity index (χ0v) is 13.0. The number of hydrogen-bond donors (Lipinski definition) is 1. The monoisotopic (exact) mass is 262 g/mol. The fraction of sp³-hybridized carbons (Fsp3) is 0.733. The van der Waals surface area contributed by atoms with Gasteiger partial charge in [0.1, 0.15) is 0 Å². The van der Waals surface area contributed by atoms with Crippen LogP contribution in [0.25, 0.3) is 0 Å². The average molecular weight is 262 g/mol. The van der Waals surface area contributed by atoms with Gasteiger partial charge in [-0.2, -0.15) is 5.10 Å². The molecule has 0 atom stereocenters. The minimum Gasteiger partial charge on any atom is -0.355 e. The zero-order chi connectivity index (χ0) is 14.3. The molecule has 1 aromatic heterocycles. The van der Waals surface area contributed by atoms with Gasteiger partial charge < -0.3 is 10.2 Å². The summed E-state index contributed by atoms with van der Waals surface area (Å²) < 4.78 is 0. The van der Waals surface area contributed by atoms with Gasteiger partial charge in [0, 0.05) is 24.2 Å². The number of nitrogens with zero attached hydrogens (tertiary/aromatic N) is 3. The molecular formula is C15H26N4. The van der Waals surface area contributed by atoms with Crippen LogP contribution >= 0.6 is 0 Å². The van der Waals surface area contributed by atoms with Gasteiger partial charge in [0.25, 0.3) is 0 Å². The second kappa shape index (κ2) is 4.75. The molecule has 1 aliphatic rings. The van der Waals surface area contributed by atoms with Crippen LogP contribution < -0.4 is 10.2 Å². The minimum atomic E-state index is 0.152. The molecular weight excluding hydrogens is 236 g/mol. The molecule has 19 heavy (non-hydrogen) atoms. The third-order valence-corrected chi connectivity index (χ3v) is 3.86. The summed E-state index contributed by atoms with van der Waals surface area (Å²) in [6, 6.07) is 4.57. The first-order chi connectivity index (χ1) is 8.69. The summed E-state index contributed by atoms with van der Waals surface area (Å²) in [5, 5.41) is 12.2. The predicted molar refractivity (Wildman–Crippen MR) is 79.5 cm³/mol. The van der Waals surface area contributed by atoms with E-state index in [1.165, 1.54) is 0 Å². The number of rotatable bonds is 2. The first kappa shape index (κ1) is 14.3. The molecule has 0 aliphatic carbocycles. The molecule has 0 saturated carbocycles. The van der Waals surface area contributed by atoms with E-state index in [1.54, 1.807) is 0 Å². The van der Waals surface area contributed by atoms with Crippen molar-refractivity contribution in [3.05, 3.63) is 17.8 Å². The van der Waals surface area contributed by atoms with Gasteiger partial charge in [0.15, 0.2) is 5.82 Å². The van der Waals surface area contributed by atoms with E-state index < -0.39 is 0 Å². The standard InChI is InChI=1S/C15H26N4/c1-11-7-8-13(17-16-11)19(6)12-9-14(2,3)18-15(4,5)10-12/h7-8,12,18H,9-10H2,1-6H3. The van der Waals surface area contributed by atoms with Gasteiger partial charge in [-0.3, -0.25) is 0 Å². The first-order valence-electron chi connectivity index (χ1n) is 7.01. The number of hydrogen-bond acceptors (Lipinski definition) is 4. The molecule has 2 heterocycles. The van der Waals surface area contributed by atoms with E-state index in [1.807, 2.05) is 13.0 Å². The molecule has 0 bridgehead atoms. The number of nitrogens with one attached hydrogen (secondary N) is 1. The molecule has 1 saturated heterocycles. The lowest BCUT2D eigenvalue weighted by Gasteiger charge is -2.49. The van der Waals surface area contributed by atoms with Gasteiger partial charge in [-0.1, -0.05) is 0 Å². The number of aryl methyl sites for hydroxylation is 1. The smallest absolute Gasteiger partial charge is 0.151 e. The van der Waals surface area contributed by atoms with E-state index in [9.17, 15) is 0 Å². The van der Waals surface area contributed by atoms with Crippen molar-refractivity contribution >= 4 is 5.82 Å². The Kier molecular flexibility index (Phi) is 3.56. The number of aromatic nitrogens is 2. The molecule has 106 valence electrons. The van der Waals surface area contributed by atoms with Crippen molar-refractivity contribution in [2.24, 2.45) is 0 Å². The van der Waals surface area contributed by atoms with Gasteiger partial charge in [-0.05, 0) is 59.6 Å². The Labute approximate surface area is 116 Å². The van der Waals surface area contributed by atoms with Crippen LogP contribution in [-0.4, -0.2) is 34.4 Å². The van der Waals surface area contributed by atoms with E-state index in [-0.39, 0.29) is 11.1 Å². The molecule has 4 nitrogen and oxygen atoms in total. The van der Waals surface area contributed by atoms with Crippen molar-refractivity contribution in [3.8, 4) is 0 Å². The van der Waals surface area contributed by atoms with Crippen molar-refractivity contribution in [2.45, 2.75) is 64.6 Å². The van der Waals surface area contributed by atoms with E-state index in [0.717, 1.165) is 24.4 Å². The van der Waals surface area contributed by atoms with Gasteiger partial charge in [0.2, 0.25) is 0 Å². The zero-order valence-electron chi connectivity index (χ0n) is 13.0. The Morgan fingerprint density at radius 1 is 1.11 bits per heavy atom. The lowest BCUT2D eigenvalue weighted by Crippen LogP contribution is -2.62. The van der Waals surface area contributed by atoms with Crippen molar-refractivity contribution < 1.29 is 0 Å². The van der Waals surface area contributed by atoms with Crippen molar-refractivity contribution in [2.75, 3.05) is 11.9 Å². The normalized spacial score (nSPS) is 22.2. The summed E-state index contributed by atoms with van der Waals surface area (Å²) in [6.45, 7) is 11.1. The van der Waals surface area contributed by atoms with Crippen molar-refractivity contribution in [3.63, 3.8) is 0 Å². The highest BCUT2D eigenvalue weighted by Gasteiger charge is 2.39. The van der Waals surface area contributed by atoms with Gasteiger partial charge >= 0.3 is 0 Å². The summed E-state index contributed by atoms with van der Waals surface area (Å²) >= 11 is 0. The molecule has 1 aliphatic heterocycles. The molecule has 0 unspecified atom stereocenters. The van der Waals surface area contributed by atoms with Crippen molar-refractivity contribution in [1.29, 1.82) is 0 Å². The molecule has 1 fully saturated rings. The first-order valence-corrected chi connectivity index (χ1v) is 7.01. The van der Waals surface area contributed by atoms with Crippen LogP contribution in [0.4, 0.5) is 5.82 Å². The third-order valence-electron chi connectivity index (χ3n) is 3.86. The molecule has 1 aromatic rings. The van der Waals surface area contributed by atoms with Gasteiger partial charge in [-0.25, -0.2) is 0 Å². The Morgan fingerprint density at radius 3 is 2.16 bits per heavy atom. The second-order valence-corrected chi connectivity index (χ2v) is 7.10. The summed E-state index contributed by atoms with van der Waals surface area (Å²) in [5.41, 5.74) is 1.26. The lowest BCUT2D eigenvalue weighted by molar-refractivity contribution is 0.160. The molecule has 1 N–H and O–H groups in total. The maximum atomic E-state index is 4.30. The largest absolute Gasteiger partial charge is 0.355 e. The maximum Gasteiger partial charge on any atom is 0.151 e. The van der Waals surface area contributed by atoms with Crippen LogP contribution in [0.1, 0.15) is 46.2 Å². The topological polar surface area (TPSA) is 41.0 Å². The van der Waals surface area contributed by atoms with E-state index in [4.69, 9.17) is 0 Å². The van der Waals surface area contributed by atoms with Gasteiger partial charge in [-0.15, -0.1) is 5.10 Å². The second-order valence-electron chi connectivity index (χ2n) is 7.10. The summed E-state index contributed by atoms with van der Waals surface area (Å²) in [6.07, 6.45) is 2.23. The SMILES string of the molecule is Cc1ccc(N(C)C2CC(C)(C)NC(C)(C)C2)nn1. The predicted octanol–water partition coefficient (Wildman–Crippen LogP) is 2.53. The number of anilines is 1. The van der Waals surface area contributed by atoms with Crippen LogP contribution in [0, 0.1) is 6.92 Å². The molecule has 0 aromatic carbocycles. The van der Waals surface area contributed by atoms with Crippen LogP contribution in [-0.2, 0) is 0 Å². The number of piperidine rings is 1. The van der Waals surface area contributed by atoms with E-state index >= 15 is 0 Å². The van der Waals surface area contributed by atoms with Crippen LogP contribution in [0.3, 0.4) is 0 Å².